The molecule has 0 aliphatic heterocycles. The maximum atomic E-state index is 13.0. The van der Waals surface area contributed by atoms with Crippen LogP contribution >= 0.6 is 0 Å². The molecule has 0 bridgehead atoms. The molecule has 2 amide bonds. The number of hydrogen-bond donors (Lipinski definition) is 2. The van der Waals surface area contributed by atoms with Crippen LogP contribution in [0.3, 0.4) is 0 Å². The zero-order valence-corrected chi connectivity index (χ0v) is 24.3. The Morgan fingerprint density at radius 1 is 1.18 bits per heavy atom. The highest BCUT2D eigenvalue weighted by Crippen LogP contribution is 2.37. The minimum atomic E-state index is -3.49. The van der Waals surface area contributed by atoms with E-state index in [1.54, 1.807) is 15.6 Å². The van der Waals surface area contributed by atoms with Gasteiger partial charge in [-0.1, -0.05) is 0 Å². The third kappa shape index (κ3) is 9.62. The van der Waals surface area contributed by atoms with Gasteiger partial charge in [-0.05, 0) is 53.9 Å². The number of amides is 2. The number of carbonyl (C=O) groups is 2. The zero-order valence-electron chi connectivity index (χ0n) is 23.5. The smallest absolute Gasteiger partial charge is 0.407 e. The van der Waals surface area contributed by atoms with Crippen LogP contribution in [0.2, 0.25) is 0 Å². The summed E-state index contributed by atoms with van der Waals surface area (Å²) in [7, 11) is -3.49. The molecule has 3 rings (SSSR count). The monoisotopic (exact) mass is 568 g/mol. The summed E-state index contributed by atoms with van der Waals surface area (Å²) < 4.78 is 40.8. The fraction of sp³-hybridized carbons (Fsp3) is 0.680. The molecule has 2 aromatic rings. The molecule has 0 saturated heterocycles. The lowest BCUT2D eigenvalue weighted by molar-refractivity contribution is 0.0946. The van der Waals surface area contributed by atoms with E-state index >= 15 is 0 Å². The van der Waals surface area contributed by atoms with Gasteiger partial charge in [0.15, 0.2) is 0 Å². The van der Waals surface area contributed by atoms with Gasteiger partial charge in [0.2, 0.25) is 0 Å². The number of alkyl carbamates (subject to hydrolysis) is 1. The number of rotatable bonds is 12. The highest BCUT2D eigenvalue weighted by molar-refractivity contribution is 7.85. The summed E-state index contributed by atoms with van der Waals surface area (Å²) >= 11 is 0. The molecular weight excluding hydrogens is 528 g/mol. The molecular formula is C25H40N6O7S. The molecule has 1 aliphatic rings. The van der Waals surface area contributed by atoms with E-state index in [0.29, 0.717) is 24.3 Å². The Morgan fingerprint density at radius 2 is 1.92 bits per heavy atom. The van der Waals surface area contributed by atoms with Crippen LogP contribution < -0.4 is 10.6 Å². The molecule has 2 atom stereocenters. The lowest BCUT2D eigenvalue weighted by Gasteiger charge is -2.22. The normalized spacial score (nSPS) is 17.9. The first kappa shape index (κ1) is 30.6. The van der Waals surface area contributed by atoms with Crippen molar-refractivity contribution in [2.24, 2.45) is 0 Å². The Morgan fingerprint density at radius 3 is 2.59 bits per heavy atom. The summed E-state index contributed by atoms with van der Waals surface area (Å²) in [5.41, 5.74) is 0.849. The van der Waals surface area contributed by atoms with Gasteiger partial charge in [0.25, 0.3) is 16.0 Å². The average molecular weight is 569 g/mol. The quantitative estimate of drug-likeness (QED) is 0.290. The summed E-state index contributed by atoms with van der Waals surface area (Å²) in [6, 6.07) is 1.90. The third-order valence-electron chi connectivity index (χ3n) is 5.97. The van der Waals surface area contributed by atoms with Crippen LogP contribution in [-0.2, 0) is 35.9 Å². The van der Waals surface area contributed by atoms with E-state index in [9.17, 15) is 18.0 Å². The SMILES string of the molecule is CC(C)NC(=O)O[C@@H]1CC[C@H](c2cc(NC(=O)c3cnn(CCOCCOS(C)(=O)=O)c3)n(C(C)(C)C)n2)C1. The van der Waals surface area contributed by atoms with E-state index in [1.165, 1.54) is 6.20 Å². The van der Waals surface area contributed by atoms with Gasteiger partial charge in [0.05, 0.1) is 55.6 Å². The molecule has 0 aromatic carbocycles. The van der Waals surface area contributed by atoms with Crippen molar-refractivity contribution in [2.75, 3.05) is 31.4 Å². The second-order valence-corrected chi connectivity index (χ2v) is 12.6. The van der Waals surface area contributed by atoms with Crippen LogP contribution in [0.1, 0.15) is 75.9 Å². The van der Waals surface area contributed by atoms with Gasteiger partial charge in [-0.2, -0.15) is 18.6 Å². The second-order valence-electron chi connectivity index (χ2n) is 11.0. The van der Waals surface area contributed by atoms with E-state index in [0.717, 1.165) is 24.8 Å². The molecule has 2 heterocycles. The lowest BCUT2D eigenvalue weighted by atomic mass is 10.0. The molecule has 39 heavy (non-hydrogen) atoms. The number of nitrogens with one attached hydrogen (secondary N) is 2. The summed E-state index contributed by atoms with van der Waals surface area (Å²) in [6.07, 6.45) is 5.76. The predicted molar refractivity (Wildman–Crippen MR) is 144 cm³/mol. The van der Waals surface area contributed by atoms with Crippen LogP contribution in [-0.4, -0.2) is 78.2 Å². The van der Waals surface area contributed by atoms with E-state index in [2.05, 4.69) is 19.9 Å². The Labute approximate surface area is 229 Å². The number of anilines is 1. The first-order chi connectivity index (χ1) is 18.2. The fourth-order valence-corrected chi connectivity index (χ4v) is 4.60. The number of ether oxygens (including phenoxy) is 2. The van der Waals surface area contributed by atoms with Crippen molar-refractivity contribution in [3.05, 3.63) is 29.7 Å². The van der Waals surface area contributed by atoms with Crippen molar-refractivity contribution in [2.45, 2.75) is 84.0 Å². The Balaban J connectivity index is 1.58. The molecule has 1 saturated carbocycles. The molecule has 0 radical (unpaired) electrons. The molecule has 2 aromatic heterocycles. The minimum Gasteiger partial charge on any atom is -0.446 e. The second kappa shape index (κ2) is 12.9. The maximum absolute atomic E-state index is 13.0. The van der Waals surface area contributed by atoms with Crippen LogP contribution in [0.4, 0.5) is 10.6 Å². The zero-order chi connectivity index (χ0) is 28.8. The minimum absolute atomic E-state index is 0.0117. The number of nitrogens with zero attached hydrogens (tertiary/aromatic N) is 4. The van der Waals surface area contributed by atoms with Gasteiger partial charge in [0, 0.05) is 24.2 Å². The van der Waals surface area contributed by atoms with Crippen molar-refractivity contribution in [1.82, 2.24) is 24.9 Å². The highest BCUT2D eigenvalue weighted by Gasteiger charge is 2.32. The molecule has 14 heteroatoms. The summed E-state index contributed by atoms with van der Waals surface area (Å²) in [5.74, 6) is 0.372. The summed E-state index contributed by atoms with van der Waals surface area (Å²) in [5, 5.41) is 14.7. The number of aromatic nitrogens is 4. The molecule has 2 N–H and O–H groups in total. The van der Waals surface area contributed by atoms with E-state index < -0.39 is 16.2 Å². The number of carbonyl (C=O) groups excluding carboxylic acids is 2. The summed E-state index contributed by atoms with van der Waals surface area (Å²) in [6.45, 7) is 10.5. The van der Waals surface area contributed by atoms with Gasteiger partial charge in [-0.3, -0.25) is 13.7 Å². The Hall–Kier alpha value is -2.97. The van der Waals surface area contributed by atoms with E-state index in [1.807, 2.05) is 40.7 Å². The first-order valence-corrected chi connectivity index (χ1v) is 14.9. The first-order valence-electron chi connectivity index (χ1n) is 13.0. The fourth-order valence-electron chi connectivity index (χ4n) is 4.23. The van der Waals surface area contributed by atoms with Crippen molar-refractivity contribution >= 4 is 27.9 Å². The van der Waals surface area contributed by atoms with Crippen LogP contribution in [0.25, 0.3) is 0 Å². The topological polar surface area (TPSA) is 156 Å². The molecule has 1 fully saturated rings. The van der Waals surface area contributed by atoms with Gasteiger partial charge in [0.1, 0.15) is 11.9 Å². The summed E-state index contributed by atoms with van der Waals surface area (Å²) in [4.78, 5) is 25.0. The number of hydrogen-bond acceptors (Lipinski definition) is 9. The van der Waals surface area contributed by atoms with Crippen molar-refractivity contribution in [1.29, 1.82) is 0 Å². The van der Waals surface area contributed by atoms with Crippen molar-refractivity contribution in [3.63, 3.8) is 0 Å². The molecule has 13 nitrogen and oxygen atoms in total. The molecule has 218 valence electrons. The predicted octanol–water partition coefficient (Wildman–Crippen LogP) is 2.85. The maximum Gasteiger partial charge on any atom is 0.407 e. The molecule has 1 aliphatic carbocycles. The van der Waals surface area contributed by atoms with Gasteiger partial charge in [-0.25, -0.2) is 9.48 Å². The van der Waals surface area contributed by atoms with Gasteiger partial charge >= 0.3 is 6.09 Å². The Bertz CT molecular complexity index is 1230. The standard InChI is InChI=1S/C25H40N6O7S/c1-17(2)27-24(33)38-20-8-7-18(13-20)21-14-22(31(29-21)25(3,4)5)28-23(32)19-15-26-30(16-19)9-10-36-11-12-37-39(6,34)35/h14-18,20H,7-13H2,1-6H3,(H,27,33)(H,28,32)/t18-,20+/m0/s1. The van der Waals surface area contributed by atoms with Gasteiger partial charge in [-0.15, -0.1) is 0 Å². The average Bonchev–Trinajstić information content (AvgIpc) is 3.54. The largest absolute Gasteiger partial charge is 0.446 e. The van der Waals surface area contributed by atoms with Crippen molar-refractivity contribution in [3.8, 4) is 0 Å². The van der Waals surface area contributed by atoms with Crippen LogP contribution in [0.5, 0.6) is 0 Å². The van der Waals surface area contributed by atoms with Crippen LogP contribution in [0, 0.1) is 0 Å². The molecule has 0 spiro atoms. The lowest BCUT2D eigenvalue weighted by Crippen LogP contribution is -2.33. The van der Waals surface area contributed by atoms with Crippen molar-refractivity contribution < 1.29 is 31.7 Å². The molecule has 0 unspecified atom stereocenters. The highest BCUT2D eigenvalue weighted by atomic mass is 32.2. The Kier molecular flexibility index (Phi) is 10.1. The van der Waals surface area contributed by atoms with Crippen LogP contribution in [0.15, 0.2) is 18.5 Å². The van der Waals surface area contributed by atoms with E-state index in [4.69, 9.17) is 14.6 Å². The third-order valence-corrected chi connectivity index (χ3v) is 6.57. The van der Waals surface area contributed by atoms with E-state index in [-0.39, 0.29) is 49.3 Å². The van der Waals surface area contributed by atoms with Gasteiger partial charge < -0.3 is 20.1 Å².